The fraction of sp³-hybridized carbons (Fsp3) is 0.312. The molecule has 2 N–H and O–H groups in total. The molecule has 0 bridgehead atoms. The fourth-order valence-electron chi connectivity index (χ4n) is 2.80. The molecule has 134 valence electrons. The van der Waals surface area contributed by atoms with Gasteiger partial charge in [-0.15, -0.1) is 15.3 Å². The molecule has 0 atom stereocenters. The number of hydrogen-bond donors (Lipinski definition) is 2. The lowest BCUT2D eigenvalue weighted by Crippen LogP contribution is -2.13. The van der Waals surface area contributed by atoms with Crippen molar-refractivity contribution in [2.24, 2.45) is 0 Å². The molecule has 0 aromatic carbocycles. The van der Waals surface area contributed by atoms with Gasteiger partial charge in [-0.1, -0.05) is 0 Å². The molecule has 10 heteroatoms. The maximum Gasteiger partial charge on any atom is 0.195 e. The summed E-state index contributed by atoms with van der Waals surface area (Å²) in [6, 6.07) is 6.09. The molecule has 0 fully saturated rings. The number of hydrogen-bond acceptors (Lipinski definition) is 7. The van der Waals surface area contributed by atoms with Crippen molar-refractivity contribution in [3.8, 4) is 11.4 Å². The monoisotopic (exact) mass is 386 g/mol. The van der Waals surface area contributed by atoms with E-state index in [1.807, 2.05) is 33.5 Å². The van der Waals surface area contributed by atoms with E-state index >= 15 is 0 Å². The Kier molecular flexibility index (Phi) is 4.51. The number of H-pyrrole nitrogens is 1. The fourth-order valence-corrected chi connectivity index (χ4v) is 3.80. The van der Waals surface area contributed by atoms with Crippen LogP contribution >= 0.6 is 23.6 Å². The first-order chi connectivity index (χ1) is 12.6. The second kappa shape index (κ2) is 6.96. The number of nitrogens with one attached hydrogen (secondary N) is 2. The van der Waals surface area contributed by atoms with Gasteiger partial charge in [-0.05, 0) is 49.6 Å². The van der Waals surface area contributed by atoms with Crippen molar-refractivity contribution in [2.45, 2.75) is 26.3 Å². The first-order valence-corrected chi connectivity index (χ1v) is 9.63. The lowest BCUT2D eigenvalue weighted by Gasteiger charge is -2.11. The van der Waals surface area contributed by atoms with Crippen molar-refractivity contribution in [1.82, 2.24) is 34.6 Å². The molecule has 0 aliphatic rings. The Bertz CT molecular complexity index is 1070. The van der Waals surface area contributed by atoms with E-state index in [9.17, 15) is 0 Å². The molecule has 4 aromatic rings. The molecule has 0 amide bonds. The zero-order valence-electron chi connectivity index (χ0n) is 14.4. The van der Waals surface area contributed by atoms with Gasteiger partial charge < -0.3 is 9.88 Å². The molecule has 0 aliphatic heterocycles. The van der Waals surface area contributed by atoms with Crippen molar-refractivity contribution in [2.75, 3.05) is 11.9 Å². The van der Waals surface area contributed by atoms with E-state index in [0.29, 0.717) is 11.3 Å². The predicted molar refractivity (Wildman–Crippen MR) is 104 cm³/mol. The highest BCUT2D eigenvalue weighted by Crippen LogP contribution is 2.20. The van der Waals surface area contributed by atoms with Crippen LogP contribution in [0.1, 0.15) is 25.7 Å². The smallest absolute Gasteiger partial charge is 0.195 e. The average Bonchev–Trinajstić information content (AvgIpc) is 3.33. The van der Waals surface area contributed by atoms with E-state index in [4.69, 9.17) is 12.2 Å². The lowest BCUT2D eigenvalue weighted by molar-refractivity contribution is 0.562. The van der Waals surface area contributed by atoms with Crippen molar-refractivity contribution >= 4 is 35.0 Å². The van der Waals surface area contributed by atoms with E-state index in [-0.39, 0.29) is 6.04 Å². The molecule has 0 saturated heterocycles. The molecule has 26 heavy (non-hydrogen) atoms. The van der Waals surface area contributed by atoms with Crippen LogP contribution in [0, 0.1) is 4.77 Å². The standard InChI is InChI=1S/C16H18N8S2/c1-10(2)23-13(18-21-16(23)25)5-7-17-12-3-4-14-19-20-15(24(14)22-12)11-6-8-26-9-11/h3-4,6,8-10H,5,7H2,1-2H3,(H,17,22)(H,21,25). The minimum absolute atomic E-state index is 0.274. The Morgan fingerprint density at radius 3 is 2.92 bits per heavy atom. The van der Waals surface area contributed by atoms with E-state index in [0.717, 1.165) is 35.1 Å². The van der Waals surface area contributed by atoms with Crippen LogP contribution in [-0.2, 0) is 6.42 Å². The number of fused-ring (bicyclic) bond motifs is 1. The summed E-state index contributed by atoms with van der Waals surface area (Å²) < 4.78 is 4.44. The van der Waals surface area contributed by atoms with E-state index in [2.05, 4.69) is 44.7 Å². The number of rotatable bonds is 6. The molecule has 8 nitrogen and oxygen atoms in total. The molecule has 0 spiro atoms. The van der Waals surface area contributed by atoms with Crippen LogP contribution < -0.4 is 5.32 Å². The molecular formula is C16H18N8S2. The normalized spacial score (nSPS) is 11.5. The van der Waals surface area contributed by atoms with Gasteiger partial charge in [0.15, 0.2) is 16.2 Å². The van der Waals surface area contributed by atoms with Crippen LogP contribution in [0.5, 0.6) is 0 Å². The maximum atomic E-state index is 5.29. The summed E-state index contributed by atoms with van der Waals surface area (Å²) in [5.41, 5.74) is 1.73. The Hall–Kier alpha value is -2.59. The Morgan fingerprint density at radius 2 is 2.15 bits per heavy atom. The summed E-state index contributed by atoms with van der Waals surface area (Å²) in [6.07, 6.45) is 0.741. The third-order valence-electron chi connectivity index (χ3n) is 3.99. The van der Waals surface area contributed by atoms with Gasteiger partial charge in [-0.25, -0.2) is 0 Å². The minimum atomic E-state index is 0.274. The van der Waals surface area contributed by atoms with Gasteiger partial charge in [-0.2, -0.15) is 21.0 Å². The van der Waals surface area contributed by atoms with E-state index < -0.39 is 0 Å². The summed E-state index contributed by atoms with van der Waals surface area (Å²) in [4.78, 5) is 0. The van der Waals surface area contributed by atoms with Gasteiger partial charge in [0.1, 0.15) is 11.6 Å². The molecule has 0 saturated carbocycles. The van der Waals surface area contributed by atoms with Gasteiger partial charge in [0, 0.05) is 30.0 Å². The zero-order valence-corrected chi connectivity index (χ0v) is 16.0. The topological polar surface area (TPSA) is 88.7 Å². The van der Waals surface area contributed by atoms with Crippen molar-refractivity contribution in [3.05, 3.63) is 39.6 Å². The van der Waals surface area contributed by atoms with Crippen LogP contribution in [0.4, 0.5) is 5.82 Å². The molecule has 4 heterocycles. The Labute approximate surface area is 158 Å². The second-order valence-electron chi connectivity index (χ2n) is 6.11. The second-order valence-corrected chi connectivity index (χ2v) is 7.28. The van der Waals surface area contributed by atoms with Crippen LogP contribution in [-0.4, -0.2) is 41.1 Å². The highest BCUT2D eigenvalue weighted by Gasteiger charge is 2.11. The summed E-state index contributed by atoms with van der Waals surface area (Å²) in [7, 11) is 0. The summed E-state index contributed by atoms with van der Waals surface area (Å²) in [6.45, 7) is 4.88. The number of nitrogens with zero attached hydrogens (tertiary/aromatic N) is 6. The van der Waals surface area contributed by atoms with Gasteiger partial charge in [-0.3, -0.25) is 5.10 Å². The third kappa shape index (κ3) is 3.13. The van der Waals surface area contributed by atoms with Gasteiger partial charge in [0.25, 0.3) is 0 Å². The first-order valence-electron chi connectivity index (χ1n) is 8.28. The zero-order chi connectivity index (χ0) is 18.1. The quantitative estimate of drug-likeness (QED) is 0.494. The van der Waals surface area contributed by atoms with E-state index in [1.54, 1.807) is 15.9 Å². The lowest BCUT2D eigenvalue weighted by atomic mass is 10.3. The molecule has 0 aliphatic carbocycles. The van der Waals surface area contributed by atoms with Crippen LogP contribution in [0.3, 0.4) is 0 Å². The number of aromatic nitrogens is 7. The first kappa shape index (κ1) is 16.9. The number of anilines is 1. The van der Waals surface area contributed by atoms with E-state index in [1.165, 1.54) is 0 Å². The highest BCUT2D eigenvalue weighted by molar-refractivity contribution is 7.71. The van der Waals surface area contributed by atoms with Gasteiger partial charge >= 0.3 is 0 Å². The Morgan fingerprint density at radius 1 is 1.27 bits per heavy atom. The van der Waals surface area contributed by atoms with Crippen molar-refractivity contribution in [1.29, 1.82) is 0 Å². The van der Waals surface area contributed by atoms with Crippen LogP contribution in [0.2, 0.25) is 0 Å². The van der Waals surface area contributed by atoms with Crippen LogP contribution in [0.15, 0.2) is 29.0 Å². The molecule has 0 radical (unpaired) electrons. The summed E-state index contributed by atoms with van der Waals surface area (Å²) in [5.74, 6) is 2.44. The van der Waals surface area contributed by atoms with Gasteiger partial charge in [0.05, 0.1) is 0 Å². The highest BCUT2D eigenvalue weighted by atomic mass is 32.1. The minimum Gasteiger partial charge on any atom is -0.368 e. The van der Waals surface area contributed by atoms with Crippen molar-refractivity contribution < 1.29 is 0 Å². The third-order valence-corrected chi connectivity index (χ3v) is 4.96. The maximum absolute atomic E-state index is 5.29. The van der Waals surface area contributed by atoms with Crippen molar-refractivity contribution in [3.63, 3.8) is 0 Å². The molecule has 4 rings (SSSR count). The average molecular weight is 387 g/mol. The number of aromatic amines is 1. The molecular weight excluding hydrogens is 368 g/mol. The molecule has 4 aromatic heterocycles. The molecule has 0 unspecified atom stereocenters. The van der Waals surface area contributed by atoms with Crippen LogP contribution in [0.25, 0.3) is 17.0 Å². The largest absolute Gasteiger partial charge is 0.368 e. The number of thiophene rings is 1. The summed E-state index contributed by atoms with van der Waals surface area (Å²) >= 11 is 6.91. The Balaban J connectivity index is 1.51. The SMILES string of the molecule is CC(C)n1c(CCNc2ccc3nnc(-c4ccsc4)n3n2)n[nH]c1=S. The predicted octanol–water partition coefficient (Wildman–Crippen LogP) is 3.34. The van der Waals surface area contributed by atoms with Gasteiger partial charge in [0.2, 0.25) is 0 Å². The summed E-state index contributed by atoms with van der Waals surface area (Å²) in [5, 5.41) is 27.6.